The number of ether oxygens (including phenoxy) is 1. The average molecular weight is 359 g/mol. The average Bonchev–Trinajstić information content (AvgIpc) is 2.98. The maximum absolute atomic E-state index is 6.04. The van der Waals surface area contributed by atoms with E-state index < -0.39 is 0 Å². The molecule has 1 N–H and O–H groups in total. The highest BCUT2D eigenvalue weighted by Crippen LogP contribution is 2.23. The maximum atomic E-state index is 6.04. The fourth-order valence-corrected chi connectivity index (χ4v) is 2.60. The second-order valence-electron chi connectivity index (χ2n) is 5.28. The molecule has 0 saturated carbocycles. The Morgan fingerprint density at radius 3 is 3.04 bits per heavy atom. The summed E-state index contributed by atoms with van der Waals surface area (Å²) in [6.07, 6.45) is 0.558. The Labute approximate surface area is 146 Å². The number of nitrogens with one attached hydrogen (secondary N) is 1. The third-order valence-electron chi connectivity index (χ3n) is 3.70. The summed E-state index contributed by atoms with van der Waals surface area (Å²) in [5.74, 6) is 1.98. The normalized spacial score (nSPS) is 18.4. The van der Waals surface area contributed by atoms with Gasteiger partial charge in [-0.1, -0.05) is 28.9 Å². The molecule has 23 heavy (non-hydrogen) atoms. The second kappa shape index (κ2) is 8.49. The van der Waals surface area contributed by atoms with Crippen molar-refractivity contribution in [3.8, 4) is 5.75 Å². The summed E-state index contributed by atoms with van der Waals surface area (Å²) in [6.45, 7) is 3.25. The predicted octanol–water partition coefficient (Wildman–Crippen LogP) is 2.34. The Bertz CT molecular complexity index is 623. The van der Waals surface area contributed by atoms with Crippen molar-refractivity contribution in [1.82, 2.24) is 20.4 Å². The minimum absolute atomic E-state index is 0. The van der Waals surface area contributed by atoms with Gasteiger partial charge in [-0.2, -0.15) is 4.98 Å². The molecule has 0 bridgehead atoms. The Morgan fingerprint density at radius 1 is 1.43 bits per heavy atom. The molecule has 2 aromatic rings. The summed E-state index contributed by atoms with van der Waals surface area (Å²) >= 11 is 6.04. The number of hydrogen-bond donors (Lipinski definition) is 1. The van der Waals surface area contributed by atoms with Gasteiger partial charge in [0.05, 0.1) is 24.1 Å². The van der Waals surface area contributed by atoms with Gasteiger partial charge in [0.25, 0.3) is 0 Å². The highest BCUT2D eigenvalue weighted by Gasteiger charge is 2.25. The zero-order valence-corrected chi connectivity index (χ0v) is 14.4. The van der Waals surface area contributed by atoms with Crippen LogP contribution in [0.2, 0.25) is 5.02 Å². The third kappa shape index (κ3) is 4.57. The number of para-hydroxylation sites is 1. The molecule has 8 heteroatoms. The summed E-state index contributed by atoms with van der Waals surface area (Å²) in [6, 6.07) is 7.56. The standard InChI is InChI=1S/C15H19ClN4O2.ClH/c1-20-8-7-17-10-12(20)15-18-14(22-19-15)6-9-21-13-5-3-2-4-11(13)16;/h2-5,12,17H,6-10H2,1H3;1H. The van der Waals surface area contributed by atoms with Crippen LogP contribution in [0.25, 0.3) is 0 Å². The zero-order chi connectivity index (χ0) is 15.4. The monoisotopic (exact) mass is 358 g/mol. The van der Waals surface area contributed by atoms with Gasteiger partial charge in [0.2, 0.25) is 5.89 Å². The van der Waals surface area contributed by atoms with Crippen LogP contribution in [0.3, 0.4) is 0 Å². The van der Waals surface area contributed by atoms with Gasteiger partial charge in [-0.15, -0.1) is 12.4 Å². The molecular weight excluding hydrogens is 339 g/mol. The quantitative estimate of drug-likeness (QED) is 0.884. The Morgan fingerprint density at radius 2 is 2.26 bits per heavy atom. The summed E-state index contributed by atoms with van der Waals surface area (Å²) in [4.78, 5) is 6.69. The molecule has 0 amide bonds. The van der Waals surface area contributed by atoms with Crippen molar-refractivity contribution in [3.63, 3.8) is 0 Å². The lowest BCUT2D eigenvalue weighted by Gasteiger charge is -2.30. The summed E-state index contributed by atoms with van der Waals surface area (Å²) in [7, 11) is 2.07. The van der Waals surface area contributed by atoms with Crippen LogP contribution in [-0.4, -0.2) is 48.3 Å². The van der Waals surface area contributed by atoms with E-state index in [1.54, 1.807) is 6.07 Å². The number of nitrogens with zero attached hydrogens (tertiary/aromatic N) is 3. The van der Waals surface area contributed by atoms with E-state index in [1.165, 1.54) is 0 Å². The smallest absolute Gasteiger partial charge is 0.230 e. The predicted molar refractivity (Wildman–Crippen MR) is 90.4 cm³/mol. The molecule has 1 unspecified atom stereocenters. The molecular formula is C15H20Cl2N4O2. The van der Waals surface area contributed by atoms with Crippen molar-refractivity contribution < 1.29 is 9.26 Å². The number of halogens is 2. The van der Waals surface area contributed by atoms with E-state index in [0.717, 1.165) is 25.5 Å². The summed E-state index contributed by atoms with van der Waals surface area (Å²) < 4.78 is 10.9. The molecule has 0 radical (unpaired) electrons. The van der Waals surface area contributed by atoms with Gasteiger partial charge < -0.3 is 14.6 Å². The first-order chi connectivity index (χ1) is 10.7. The van der Waals surface area contributed by atoms with Crippen molar-refractivity contribution in [1.29, 1.82) is 0 Å². The molecule has 1 aliphatic rings. The van der Waals surface area contributed by atoms with Crippen LogP contribution in [0, 0.1) is 0 Å². The van der Waals surface area contributed by atoms with Crippen LogP contribution in [0.5, 0.6) is 5.75 Å². The van der Waals surface area contributed by atoms with Crippen molar-refractivity contribution in [3.05, 3.63) is 41.0 Å². The number of likely N-dealkylation sites (N-methyl/N-ethyl adjacent to an activating group) is 1. The van der Waals surface area contributed by atoms with E-state index in [0.29, 0.717) is 29.7 Å². The van der Waals surface area contributed by atoms with E-state index in [-0.39, 0.29) is 18.4 Å². The van der Waals surface area contributed by atoms with Crippen molar-refractivity contribution >= 4 is 24.0 Å². The van der Waals surface area contributed by atoms with Gasteiger partial charge in [-0.3, -0.25) is 4.90 Å². The second-order valence-corrected chi connectivity index (χ2v) is 5.68. The summed E-state index contributed by atoms with van der Waals surface area (Å²) in [5, 5.41) is 8.03. The van der Waals surface area contributed by atoms with Crippen molar-refractivity contribution in [2.24, 2.45) is 0 Å². The number of aromatic nitrogens is 2. The number of benzene rings is 1. The van der Waals surface area contributed by atoms with Gasteiger partial charge in [-0.05, 0) is 19.2 Å². The zero-order valence-electron chi connectivity index (χ0n) is 12.9. The SMILES string of the molecule is CN1CCNCC1c1noc(CCOc2ccccc2Cl)n1.Cl. The van der Waals surface area contributed by atoms with Crippen LogP contribution < -0.4 is 10.1 Å². The Kier molecular flexibility index (Phi) is 6.65. The molecule has 126 valence electrons. The van der Waals surface area contributed by atoms with E-state index in [1.807, 2.05) is 18.2 Å². The van der Waals surface area contributed by atoms with E-state index in [4.69, 9.17) is 20.9 Å². The molecule has 1 aromatic carbocycles. The van der Waals surface area contributed by atoms with Gasteiger partial charge in [-0.25, -0.2) is 0 Å². The van der Waals surface area contributed by atoms with E-state index >= 15 is 0 Å². The van der Waals surface area contributed by atoms with Gasteiger partial charge in [0.15, 0.2) is 5.82 Å². The first kappa shape index (κ1) is 18.0. The molecule has 0 spiro atoms. The molecule has 1 aliphatic heterocycles. The van der Waals surface area contributed by atoms with Crippen LogP contribution in [0.1, 0.15) is 17.8 Å². The van der Waals surface area contributed by atoms with Crippen LogP contribution in [0.4, 0.5) is 0 Å². The molecule has 0 aliphatic carbocycles. The van der Waals surface area contributed by atoms with Crippen LogP contribution >= 0.6 is 24.0 Å². The lowest BCUT2D eigenvalue weighted by Crippen LogP contribution is -2.44. The topological polar surface area (TPSA) is 63.4 Å². The molecule has 2 heterocycles. The van der Waals surface area contributed by atoms with Gasteiger partial charge >= 0.3 is 0 Å². The van der Waals surface area contributed by atoms with Crippen LogP contribution in [0.15, 0.2) is 28.8 Å². The van der Waals surface area contributed by atoms with Gasteiger partial charge in [0.1, 0.15) is 5.75 Å². The largest absolute Gasteiger partial charge is 0.491 e. The molecule has 1 aromatic heterocycles. The van der Waals surface area contributed by atoms with E-state index in [2.05, 4.69) is 27.4 Å². The highest BCUT2D eigenvalue weighted by molar-refractivity contribution is 6.32. The Hall–Kier alpha value is -1.34. The first-order valence-electron chi connectivity index (χ1n) is 7.35. The number of hydrogen-bond acceptors (Lipinski definition) is 6. The fourth-order valence-electron chi connectivity index (χ4n) is 2.41. The number of piperazine rings is 1. The van der Waals surface area contributed by atoms with Crippen molar-refractivity contribution in [2.45, 2.75) is 12.5 Å². The Balaban J connectivity index is 0.00000192. The molecule has 1 fully saturated rings. The van der Waals surface area contributed by atoms with E-state index in [9.17, 15) is 0 Å². The fraction of sp³-hybridized carbons (Fsp3) is 0.467. The summed E-state index contributed by atoms with van der Waals surface area (Å²) in [5.41, 5.74) is 0. The molecule has 6 nitrogen and oxygen atoms in total. The minimum Gasteiger partial charge on any atom is -0.491 e. The lowest BCUT2D eigenvalue weighted by molar-refractivity contribution is 0.190. The van der Waals surface area contributed by atoms with Gasteiger partial charge in [0, 0.05) is 19.6 Å². The third-order valence-corrected chi connectivity index (χ3v) is 4.02. The lowest BCUT2D eigenvalue weighted by atomic mass is 10.2. The minimum atomic E-state index is 0. The number of rotatable bonds is 5. The molecule has 1 saturated heterocycles. The first-order valence-corrected chi connectivity index (χ1v) is 7.72. The molecule has 1 atom stereocenters. The molecule has 3 rings (SSSR count). The van der Waals surface area contributed by atoms with Crippen LogP contribution in [-0.2, 0) is 6.42 Å². The van der Waals surface area contributed by atoms with Crippen molar-refractivity contribution in [2.75, 3.05) is 33.3 Å². The maximum Gasteiger partial charge on any atom is 0.230 e. The highest BCUT2D eigenvalue weighted by atomic mass is 35.5.